The third-order valence-corrected chi connectivity index (χ3v) is 6.73. The number of nitrogens with one attached hydrogen (secondary N) is 1. The molecule has 4 aromatic rings. The highest BCUT2D eigenvalue weighted by Crippen LogP contribution is 2.38. The maximum absolute atomic E-state index is 14.9. The molecule has 1 N–H and O–H groups in total. The van der Waals surface area contributed by atoms with Crippen molar-refractivity contribution < 1.29 is 32.9 Å². The fourth-order valence-electron chi connectivity index (χ4n) is 4.75. The van der Waals surface area contributed by atoms with Gasteiger partial charge in [-0.2, -0.15) is 0 Å². The molecule has 9 heteroatoms. The summed E-state index contributed by atoms with van der Waals surface area (Å²) in [7, 11) is 0. The van der Waals surface area contributed by atoms with Crippen molar-refractivity contribution in [3.63, 3.8) is 0 Å². The number of rotatable bonds is 8. The van der Waals surface area contributed by atoms with Crippen molar-refractivity contribution in [2.75, 3.05) is 18.9 Å². The van der Waals surface area contributed by atoms with E-state index in [0.717, 1.165) is 5.56 Å². The lowest BCUT2D eigenvalue weighted by molar-refractivity contribution is -0.139. The van der Waals surface area contributed by atoms with Crippen molar-refractivity contribution >= 4 is 17.5 Å². The Bertz CT molecular complexity index is 1560. The van der Waals surface area contributed by atoms with Crippen LogP contribution in [0, 0.1) is 5.82 Å². The summed E-state index contributed by atoms with van der Waals surface area (Å²) in [6, 6.07) is 24.4. The summed E-state index contributed by atoms with van der Waals surface area (Å²) >= 11 is 0. The van der Waals surface area contributed by atoms with E-state index in [4.69, 9.17) is 18.9 Å². The van der Waals surface area contributed by atoms with Crippen molar-refractivity contribution in [3.8, 4) is 23.0 Å². The molecule has 0 saturated carbocycles. The monoisotopic (exact) mass is 540 g/mol. The smallest absolute Gasteiger partial charge is 0.251 e. The Balaban J connectivity index is 1.40. The fourth-order valence-corrected chi connectivity index (χ4v) is 4.75. The molecule has 1 atom stereocenters. The average Bonchev–Trinajstić information content (AvgIpc) is 3.63. The molecule has 0 fully saturated rings. The van der Waals surface area contributed by atoms with E-state index in [1.54, 1.807) is 54.6 Å². The van der Waals surface area contributed by atoms with Gasteiger partial charge in [0.05, 0.1) is 6.42 Å². The number of hydrogen-bond donors (Lipinski definition) is 1. The maximum Gasteiger partial charge on any atom is 0.251 e. The number of carbonyl (C=O) groups is 2. The summed E-state index contributed by atoms with van der Waals surface area (Å²) < 4.78 is 36.7. The van der Waals surface area contributed by atoms with Crippen molar-refractivity contribution in [2.24, 2.45) is 0 Å². The van der Waals surface area contributed by atoms with Gasteiger partial charge in [0, 0.05) is 23.9 Å². The van der Waals surface area contributed by atoms with Crippen LogP contribution in [0.1, 0.15) is 22.7 Å². The zero-order valence-electron chi connectivity index (χ0n) is 21.3. The van der Waals surface area contributed by atoms with Gasteiger partial charge in [-0.1, -0.05) is 54.6 Å². The Morgan fingerprint density at radius 3 is 2.17 bits per heavy atom. The first-order chi connectivity index (χ1) is 19.5. The van der Waals surface area contributed by atoms with E-state index in [9.17, 15) is 14.0 Å². The van der Waals surface area contributed by atoms with E-state index in [1.165, 1.54) is 11.0 Å². The first-order valence-electron chi connectivity index (χ1n) is 12.7. The van der Waals surface area contributed by atoms with Gasteiger partial charge in [0.15, 0.2) is 23.0 Å². The Morgan fingerprint density at radius 2 is 1.43 bits per heavy atom. The molecule has 0 aromatic heterocycles. The van der Waals surface area contributed by atoms with E-state index in [1.807, 2.05) is 30.3 Å². The Hall–Kier alpha value is -5.05. The highest BCUT2D eigenvalue weighted by atomic mass is 19.1. The third-order valence-electron chi connectivity index (χ3n) is 6.73. The van der Waals surface area contributed by atoms with E-state index < -0.39 is 17.8 Å². The minimum Gasteiger partial charge on any atom is -0.454 e. The normalized spacial score (nSPS) is 13.5. The summed E-state index contributed by atoms with van der Waals surface area (Å²) in [6.07, 6.45) is 0.0215. The van der Waals surface area contributed by atoms with Crippen molar-refractivity contribution in [1.82, 2.24) is 4.90 Å². The molecule has 2 aliphatic heterocycles. The van der Waals surface area contributed by atoms with Gasteiger partial charge in [-0.05, 0) is 41.5 Å². The fraction of sp³-hybridized carbons (Fsp3) is 0.161. The van der Waals surface area contributed by atoms with Crippen LogP contribution in [0.15, 0.2) is 91.0 Å². The van der Waals surface area contributed by atoms with Gasteiger partial charge in [0.25, 0.3) is 5.91 Å². The molecular weight excluding hydrogens is 515 g/mol. The number of nitrogens with zero attached hydrogens (tertiary/aromatic N) is 1. The van der Waals surface area contributed by atoms with Gasteiger partial charge >= 0.3 is 0 Å². The number of benzene rings is 4. The van der Waals surface area contributed by atoms with Crippen LogP contribution in [-0.4, -0.2) is 30.3 Å². The summed E-state index contributed by atoms with van der Waals surface area (Å²) in [6.45, 7) is 0.0156. The molecule has 2 heterocycles. The number of carbonyl (C=O) groups excluding carboxylic acids is 2. The predicted octanol–water partition coefficient (Wildman–Crippen LogP) is 5.23. The largest absolute Gasteiger partial charge is 0.454 e. The molecule has 8 nitrogen and oxygen atoms in total. The van der Waals surface area contributed by atoms with Gasteiger partial charge in [-0.25, -0.2) is 4.39 Å². The highest BCUT2D eigenvalue weighted by molar-refractivity contribution is 5.98. The lowest BCUT2D eigenvalue weighted by atomic mass is 10.0. The SMILES string of the molecule is O=C(Nc1ccc2c(c1)OCO2)C(c1ccc2c(c1)OCO2)N(Cc1ccccc1F)C(=O)Cc1ccccc1. The zero-order chi connectivity index (χ0) is 27.5. The Labute approximate surface area is 229 Å². The Kier molecular flexibility index (Phi) is 6.93. The predicted molar refractivity (Wildman–Crippen MR) is 144 cm³/mol. The standard InChI is InChI=1S/C31H25FN2O6/c32-24-9-5-4-8-22(24)17-34(29(35)14-20-6-2-1-3-7-20)30(21-10-12-25-27(15-21)39-18-37-25)31(36)33-23-11-13-26-28(16-23)40-19-38-26/h1-13,15-16,30H,14,17-19H2,(H,33,36). The molecule has 4 aromatic carbocycles. The molecule has 40 heavy (non-hydrogen) atoms. The van der Waals surface area contributed by atoms with Crippen LogP contribution in [0.25, 0.3) is 0 Å². The lowest BCUT2D eigenvalue weighted by Crippen LogP contribution is -2.41. The topological polar surface area (TPSA) is 86.3 Å². The molecule has 1 unspecified atom stereocenters. The van der Waals surface area contributed by atoms with Gasteiger partial charge in [-0.15, -0.1) is 0 Å². The van der Waals surface area contributed by atoms with Crippen LogP contribution in [0.5, 0.6) is 23.0 Å². The Morgan fingerprint density at radius 1 is 0.775 bits per heavy atom. The van der Waals surface area contributed by atoms with Crippen molar-refractivity contribution in [2.45, 2.75) is 19.0 Å². The molecule has 6 rings (SSSR count). The summed E-state index contributed by atoms with van der Waals surface area (Å²) in [5.74, 6) is 0.758. The molecule has 0 spiro atoms. The van der Waals surface area contributed by atoms with E-state index >= 15 is 0 Å². The second-order valence-corrected chi connectivity index (χ2v) is 9.35. The number of fused-ring (bicyclic) bond motifs is 2. The molecule has 0 bridgehead atoms. The molecule has 2 aliphatic rings. The summed E-state index contributed by atoms with van der Waals surface area (Å²) in [5, 5.41) is 2.90. The minimum absolute atomic E-state index is 0.0215. The number of ether oxygens (including phenoxy) is 4. The number of amides is 2. The number of anilines is 1. The first-order valence-corrected chi connectivity index (χ1v) is 12.7. The third kappa shape index (κ3) is 5.26. The second-order valence-electron chi connectivity index (χ2n) is 9.35. The highest BCUT2D eigenvalue weighted by Gasteiger charge is 2.34. The number of hydrogen-bond acceptors (Lipinski definition) is 6. The molecule has 0 aliphatic carbocycles. The maximum atomic E-state index is 14.9. The summed E-state index contributed by atoms with van der Waals surface area (Å²) in [4.78, 5) is 29.4. The van der Waals surface area contributed by atoms with Gasteiger partial charge < -0.3 is 29.2 Å². The average molecular weight is 541 g/mol. The quantitative estimate of drug-likeness (QED) is 0.329. The molecule has 0 radical (unpaired) electrons. The van der Waals surface area contributed by atoms with Crippen molar-refractivity contribution in [1.29, 1.82) is 0 Å². The molecule has 202 valence electrons. The van der Waals surface area contributed by atoms with E-state index in [0.29, 0.717) is 34.2 Å². The second kappa shape index (κ2) is 11.0. The van der Waals surface area contributed by atoms with E-state index in [2.05, 4.69) is 5.32 Å². The van der Waals surface area contributed by atoms with Gasteiger partial charge in [0.1, 0.15) is 11.9 Å². The van der Waals surface area contributed by atoms with Crippen LogP contribution >= 0.6 is 0 Å². The van der Waals surface area contributed by atoms with Crippen LogP contribution in [0.3, 0.4) is 0 Å². The lowest BCUT2D eigenvalue weighted by Gasteiger charge is -2.32. The molecule has 0 saturated heterocycles. The van der Waals surface area contributed by atoms with Gasteiger partial charge in [0.2, 0.25) is 19.5 Å². The zero-order valence-corrected chi connectivity index (χ0v) is 21.3. The van der Waals surface area contributed by atoms with Gasteiger partial charge in [-0.3, -0.25) is 9.59 Å². The van der Waals surface area contributed by atoms with Crippen LogP contribution in [-0.2, 0) is 22.6 Å². The van der Waals surface area contributed by atoms with Crippen LogP contribution in [0.2, 0.25) is 0 Å². The van der Waals surface area contributed by atoms with Crippen molar-refractivity contribution in [3.05, 3.63) is 114 Å². The minimum atomic E-state index is -1.13. The first kappa shape index (κ1) is 25.2. The summed E-state index contributed by atoms with van der Waals surface area (Å²) in [5.41, 5.74) is 2.00. The van der Waals surface area contributed by atoms with E-state index in [-0.39, 0.29) is 38.0 Å². The van der Waals surface area contributed by atoms with Crippen LogP contribution < -0.4 is 24.3 Å². The number of halogens is 1. The van der Waals surface area contributed by atoms with Crippen LogP contribution in [0.4, 0.5) is 10.1 Å². The molecular formula is C31H25FN2O6. The molecule has 2 amide bonds.